The summed E-state index contributed by atoms with van der Waals surface area (Å²) in [4.78, 5) is 0. The van der Waals surface area contributed by atoms with Crippen LogP contribution in [0.15, 0.2) is 11.6 Å². The highest BCUT2D eigenvalue weighted by Gasteiger charge is 2.71. The molecule has 28 heteroatoms. The van der Waals surface area contributed by atoms with E-state index in [2.05, 4.69) is 47.6 Å². The van der Waals surface area contributed by atoms with E-state index >= 15 is 0 Å². The second-order valence-electron chi connectivity index (χ2n) is 29.3. The lowest BCUT2D eigenvalue weighted by Crippen LogP contribution is -2.67. The summed E-state index contributed by atoms with van der Waals surface area (Å²) in [6, 6.07) is 0. The fraction of sp³-hybridized carbons (Fsp3) is 0.968. The Morgan fingerprint density at radius 3 is 1.69 bits per heavy atom. The third kappa shape index (κ3) is 12.9. The molecule has 0 radical (unpaired) electrons. The van der Waals surface area contributed by atoms with Gasteiger partial charge in [0.15, 0.2) is 25.2 Å². The van der Waals surface area contributed by atoms with E-state index < -0.39 is 221 Å². The summed E-state index contributed by atoms with van der Waals surface area (Å²) in [7, 11) is 0. The highest BCUT2D eigenvalue weighted by atomic mass is 16.8. The number of hydrogen-bond donors (Lipinski definition) is 19. The predicted molar refractivity (Wildman–Crippen MR) is 308 cm³/mol. The van der Waals surface area contributed by atoms with Crippen LogP contribution in [0.4, 0.5) is 0 Å². The largest absolute Gasteiger partial charge is 0.396 e. The van der Waals surface area contributed by atoms with Gasteiger partial charge in [-0.1, -0.05) is 53.2 Å². The first-order valence-electron chi connectivity index (χ1n) is 32.5. The van der Waals surface area contributed by atoms with Crippen molar-refractivity contribution in [2.75, 3.05) is 33.0 Å². The van der Waals surface area contributed by atoms with E-state index in [0.717, 1.165) is 24.8 Å². The maximum absolute atomic E-state index is 12.9. The molecule has 4 aliphatic heterocycles. The van der Waals surface area contributed by atoms with E-state index in [1.165, 1.54) is 13.8 Å². The zero-order valence-corrected chi connectivity index (χ0v) is 52.8. The van der Waals surface area contributed by atoms with Crippen LogP contribution in [0.2, 0.25) is 0 Å². The highest BCUT2D eigenvalue weighted by molar-refractivity contribution is 5.32. The third-order valence-electron chi connectivity index (χ3n) is 23.7. The second kappa shape index (κ2) is 28.2. The minimum Gasteiger partial charge on any atom is -0.396 e. The maximum atomic E-state index is 12.9. The van der Waals surface area contributed by atoms with E-state index in [-0.39, 0.29) is 47.3 Å². The van der Waals surface area contributed by atoms with Gasteiger partial charge in [0.2, 0.25) is 0 Å². The first-order valence-corrected chi connectivity index (χ1v) is 32.5. The average molecular weight is 1300 g/mol. The van der Waals surface area contributed by atoms with Crippen molar-refractivity contribution in [2.24, 2.45) is 51.2 Å². The van der Waals surface area contributed by atoms with Crippen molar-refractivity contribution in [1.82, 2.24) is 0 Å². The standard InChI is InChI=1S/C62H106O28/c1-9-62-17-16-27(60(62,7)19-36(67)61(8)29-12-15-37(58(3,4)28(29)11-13-35(61)62)88-55-51(80)47(76)42(71)32(22-65)85-55)25(2)10-14-38(59(5,6)81)89-56-53(49(78)44(73)34(87-56)24-82-54-50(79)46(75)41(70)31(21-64)84-54)90-57-52(48(77)43(72)33(23-66)86-57)83-30-18-26(20-63)39(68)45(74)40(30)69/h11,25-27,29-57,63-81H,9-10,12-24H2,1-8H3/t25-,26-,27?,29?,30+,31-,32-,33-,34-,35?,36-,37+,38-,39-,40+,41-,42-,43-,44-,45+,46+,47+,48+,49+,50-,51-,52-,53-,54+,55+,56+,57+,60-,61+,62+/m1/s1. The van der Waals surface area contributed by atoms with Gasteiger partial charge in [-0.15, -0.1) is 0 Å². The smallest absolute Gasteiger partial charge is 0.187 e. The fourth-order valence-corrected chi connectivity index (χ4v) is 18.1. The molecule has 4 saturated heterocycles. The molecule has 0 aromatic rings. The number of rotatable bonds is 21. The molecule has 8 fully saturated rings. The molecule has 0 spiro atoms. The lowest BCUT2D eigenvalue weighted by molar-refractivity contribution is -0.386. The lowest BCUT2D eigenvalue weighted by Gasteiger charge is -2.68. The minimum absolute atomic E-state index is 0.0253. The number of ether oxygens (including phenoxy) is 9. The molecule has 0 aromatic heterocycles. The Morgan fingerprint density at radius 1 is 0.578 bits per heavy atom. The average Bonchev–Trinajstić information content (AvgIpc) is 1.30. The summed E-state index contributed by atoms with van der Waals surface area (Å²) in [6.45, 7) is 12.5. The lowest BCUT2D eigenvalue weighted by atomic mass is 9.37. The quantitative estimate of drug-likeness (QED) is 0.0483. The van der Waals surface area contributed by atoms with Crippen LogP contribution in [0.3, 0.4) is 0 Å². The van der Waals surface area contributed by atoms with Gasteiger partial charge in [0.1, 0.15) is 110 Å². The van der Waals surface area contributed by atoms with Crippen molar-refractivity contribution < 1.29 is 140 Å². The van der Waals surface area contributed by atoms with Crippen molar-refractivity contribution >= 4 is 0 Å². The van der Waals surface area contributed by atoms with Crippen molar-refractivity contribution in [1.29, 1.82) is 0 Å². The zero-order chi connectivity index (χ0) is 66.2. The maximum Gasteiger partial charge on any atom is 0.187 e. The molecule has 0 bridgehead atoms. The Morgan fingerprint density at radius 2 is 1.11 bits per heavy atom. The topological polar surface area (TPSA) is 467 Å². The molecule has 9 aliphatic rings. The van der Waals surface area contributed by atoms with Crippen molar-refractivity contribution in [3.63, 3.8) is 0 Å². The summed E-state index contributed by atoms with van der Waals surface area (Å²) in [5, 5.41) is 208. The van der Waals surface area contributed by atoms with Crippen molar-refractivity contribution in [2.45, 2.75) is 291 Å². The van der Waals surface area contributed by atoms with Crippen LogP contribution in [-0.2, 0) is 42.6 Å². The molecule has 35 atom stereocenters. The van der Waals surface area contributed by atoms with Gasteiger partial charge < -0.3 is 140 Å². The van der Waals surface area contributed by atoms with Crippen LogP contribution in [-0.4, -0.2) is 301 Å². The second-order valence-corrected chi connectivity index (χ2v) is 29.3. The summed E-state index contributed by atoms with van der Waals surface area (Å²) in [5.41, 5.74) is -2.29. The molecule has 28 nitrogen and oxygen atoms in total. The van der Waals surface area contributed by atoms with Crippen molar-refractivity contribution in [3.8, 4) is 0 Å². The van der Waals surface area contributed by atoms with Gasteiger partial charge in [-0.25, -0.2) is 0 Å². The number of allylic oxidation sites excluding steroid dienone is 1. The van der Waals surface area contributed by atoms with Gasteiger partial charge in [-0.2, -0.15) is 0 Å². The summed E-state index contributed by atoms with van der Waals surface area (Å²) in [6.07, 6.45) is -35.4. The van der Waals surface area contributed by atoms with E-state index in [9.17, 15) is 97.0 Å². The number of hydrogen-bond acceptors (Lipinski definition) is 28. The molecule has 4 heterocycles. The summed E-state index contributed by atoms with van der Waals surface area (Å²) in [5.74, 6) is -0.966. The van der Waals surface area contributed by atoms with Gasteiger partial charge in [0.25, 0.3) is 0 Å². The SMILES string of the molecule is CC[C@@]12CCC([C@H](C)CC[C@@H](O[C@@H]3O[C@H](CO[C@H]4O[C@H](CO)[C@@H](O)[C@H](O)[C@H]4O)[C@@H](O)[C@H](O)[C@H]3O[C@@H]3O[C@H](CO)[C@@H](O)[C@H](O)[C@H]3O[C@H]3C[C@H](CO)[C@@H](O)[C@H](O)[C@H]3O)C(C)(C)O)[C@@]1(C)C[C@@H](O)[C@@]1(C)C3CC[C@H](O[C@@H]4O[C@H](CO)[C@@H](O)[C@H](O)[C@H]4O)C(C)(C)C3=CCC12. The molecular weight excluding hydrogens is 1190 g/mol. The van der Waals surface area contributed by atoms with Crippen LogP contribution in [0.1, 0.15) is 120 Å². The van der Waals surface area contributed by atoms with Crippen LogP contribution in [0.25, 0.3) is 0 Å². The van der Waals surface area contributed by atoms with Crippen LogP contribution >= 0.6 is 0 Å². The van der Waals surface area contributed by atoms with E-state index in [0.29, 0.717) is 32.1 Å². The van der Waals surface area contributed by atoms with Gasteiger partial charge in [0.05, 0.1) is 62.5 Å². The van der Waals surface area contributed by atoms with E-state index in [1.807, 2.05) is 0 Å². The number of aliphatic hydroxyl groups excluding tert-OH is 18. The molecule has 3 unspecified atom stereocenters. The molecule has 90 heavy (non-hydrogen) atoms. The summed E-state index contributed by atoms with van der Waals surface area (Å²) < 4.78 is 55.1. The Balaban J connectivity index is 0.957. The fourth-order valence-electron chi connectivity index (χ4n) is 18.1. The van der Waals surface area contributed by atoms with Gasteiger partial charge in [-0.05, 0) is 113 Å². The van der Waals surface area contributed by atoms with Crippen molar-refractivity contribution in [3.05, 3.63) is 11.6 Å². The molecule has 0 amide bonds. The number of aliphatic hydroxyl groups is 19. The molecular formula is C62H106O28. The predicted octanol–water partition coefficient (Wildman–Crippen LogP) is -4.35. The Kier molecular flexibility index (Phi) is 22.9. The van der Waals surface area contributed by atoms with Crippen LogP contribution in [0.5, 0.6) is 0 Å². The van der Waals surface area contributed by atoms with E-state index in [4.69, 9.17) is 42.6 Å². The van der Waals surface area contributed by atoms with Crippen LogP contribution < -0.4 is 0 Å². The number of fused-ring (bicyclic) bond motifs is 5. The minimum atomic E-state index is -2.05. The molecule has 9 rings (SSSR count). The summed E-state index contributed by atoms with van der Waals surface area (Å²) >= 11 is 0. The molecule has 0 aromatic carbocycles. The van der Waals surface area contributed by atoms with Crippen LogP contribution in [0, 0.1) is 51.2 Å². The van der Waals surface area contributed by atoms with Gasteiger partial charge in [0, 0.05) is 23.4 Å². The monoisotopic (exact) mass is 1300 g/mol. The zero-order valence-electron chi connectivity index (χ0n) is 52.8. The Labute approximate surface area is 524 Å². The van der Waals surface area contributed by atoms with Gasteiger partial charge >= 0.3 is 0 Å². The highest BCUT2D eigenvalue weighted by Crippen LogP contribution is 2.76. The van der Waals surface area contributed by atoms with E-state index in [1.54, 1.807) is 0 Å². The molecule has 522 valence electrons. The van der Waals surface area contributed by atoms with Gasteiger partial charge in [-0.3, -0.25) is 0 Å². The molecule has 4 saturated carbocycles. The Hall–Kier alpha value is -1.38. The molecule has 19 N–H and O–H groups in total. The third-order valence-corrected chi connectivity index (χ3v) is 23.7. The molecule has 5 aliphatic carbocycles. The normalized spacial score (nSPS) is 51.3. The first-order chi connectivity index (χ1) is 42.2. The first kappa shape index (κ1) is 72.9. The Bertz CT molecular complexity index is 2360.